The van der Waals surface area contributed by atoms with Crippen molar-refractivity contribution in [3.05, 3.63) is 11.5 Å². The number of carbonyl (C=O) groups is 2. The molecule has 2 N–H and O–H groups in total. The van der Waals surface area contributed by atoms with E-state index in [2.05, 4.69) is 15.0 Å². The summed E-state index contributed by atoms with van der Waals surface area (Å²) in [5, 5.41) is 0.100. The molecule has 0 saturated heterocycles. The van der Waals surface area contributed by atoms with Gasteiger partial charge in [-0.3, -0.25) is 9.59 Å². The molecule has 0 aromatic carbocycles. The highest BCUT2D eigenvalue weighted by Gasteiger charge is 2.69. The van der Waals surface area contributed by atoms with Gasteiger partial charge in [0.25, 0.3) is 0 Å². The number of carbonyl (C=O) groups excluding carboxylic acids is 2. The van der Waals surface area contributed by atoms with Gasteiger partial charge in [-0.15, -0.1) is 0 Å². The molecule has 0 aliphatic heterocycles. The first kappa shape index (κ1) is 16.4. The molecule has 24 heavy (non-hydrogen) atoms. The van der Waals surface area contributed by atoms with Crippen molar-refractivity contribution in [2.24, 2.45) is 5.41 Å². The third-order valence-electron chi connectivity index (χ3n) is 3.94. The topological polar surface area (TPSA) is 122 Å². The molecule has 0 spiro atoms. The zero-order valence-electron chi connectivity index (χ0n) is 13.2. The Kier molecular flexibility index (Phi) is 4.04. The monoisotopic (exact) mass is 353 g/mol. The highest BCUT2D eigenvalue weighted by Crippen LogP contribution is 2.59. The van der Waals surface area contributed by atoms with Gasteiger partial charge in [0.2, 0.25) is 5.95 Å². The molecular formula is C14H16ClN5O4. The van der Waals surface area contributed by atoms with Crippen LogP contribution >= 0.6 is 11.6 Å². The number of anilines is 1. The third-order valence-corrected chi connectivity index (χ3v) is 4.21. The Morgan fingerprint density at radius 3 is 2.54 bits per heavy atom. The van der Waals surface area contributed by atoms with Crippen LogP contribution in [0.1, 0.15) is 26.3 Å². The number of ether oxygens (including phenoxy) is 2. The average Bonchev–Trinajstić information content (AvgIpc) is 3.14. The molecule has 2 aromatic heterocycles. The van der Waals surface area contributed by atoms with Gasteiger partial charge in [-0.2, -0.15) is 9.97 Å². The number of hydrogen-bond acceptors (Lipinski definition) is 8. The first-order valence-corrected chi connectivity index (χ1v) is 7.83. The molecule has 0 amide bonds. The molecule has 3 rings (SSSR count). The molecule has 9 nitrogen and oxygen atoms in total. The summed E-state index contributed by atoms with van der Waals surface area (Å²) < 4.78 is 11.7. The smallest absolute Gasteiger partial charge is 0.325 e. The van der Waals surface area contributed by atoms with E-state index < -0.39 is 23.4 Å². The lowest BCUT2D eigenvalue weighted by Gasteiger charge is -2.15. The molecule has 0 radical (unpaired) electrons. The van der Waals surface area contributed by atoms with E-state index in [4.69, 9.17) is 26.8 Å². The summed E-state index contributed by atoms with van der Waals surface area (Å²) in [5.41, 5.74) is 4.85. The van der Waals surface area contributed by atoms with Crippen LogP contribution in [0.2, 0.25) is 5.15 Å². The number of esters is 2. The van der Waals surface area contributed by atoms with E-state index in [0.29, 0.717) is 11.2 Å². The molecule has 1 aliphatic carbocycles. The Bertz CT molecular complexity index is 803. The molecule has 1 fully saturated rings. The maximum atomic E-state index is 12.4. The summed E-state index contributed by atoms with van der Waals surface area (Å²) in [6.45, 7) is 3.68. The molecule has 1 unspecified atom stereocenters. The first-order valence-electron chi connectivity index (χ1n) is 7.45. The number of aromatic nitrogens is 4. The Morgan fingerprint density at radius 2 is 1.96 bits per heavy atom. The van der Waals surface area contributed by atoms with Crippen LogP contribution in [0.3, 0.4) is 0 Å². The van der Waals surface area contributed by atoms with E-state index in [9.17, 15) is 9.59 Å². The number of halogens is 1. The van der Waals surface area contributed by atoms with Crippen molar-refractivity contribution in [1.29, 1.82) is 0 Å². The minimum absolute atomic E-state index is 0.00408. The van der Waals surface area contributed by atoms with Crippen molar-refractivity contribution in [2.75, 3.05) is 18.9 Å². The molecule has 1 atom stereocenters. The van der Waals surface area contributed by atoms with Crippen molar-refractivity contribution in [3.63, 3.8) is 0 Å². The summed E-state index contributed by atoms with van der Waals surface area (Å²) in [6.07, 6.45) is 1.69. The lowest BCUT2D eigenvalue weighted by molar-refractivity contribution is -0.164. The fraction of sp³-hybridized carbons (Fsp3) is 0.500. The van der Waals surface area contributed by atoms with E-state index in [1.807, 2.05) is 0 Å². The summed E-state index contributed by atoms with van der Waals surface area (Å²) in [7, 11) is 0. The lowest BCUT2D eigenvalue weighted by atomic mass is 10.1. The standard InChI is InChI=1S/C14H16ClN5O4/c1-3-23-11(21)14(12(22)24-4-2)5-7(14)20-6-17-10-8(20)9(15)18-13(16)19-10/h6-7H,3-5H2,1-2H3,(H2,16,18,19). The molecule has 0 bridgehead atoms. The predicted octanol–water partition coefficient (Wildman–Crippen LogP) is 1.12. The molecule has 2 heterocycles. The molecule has 10 heteroatoms. The van der Waals surface area contributed by atoms with Crippen LogP contribution in [0.25, 0.3) is 11.2 Å². The fourth-order valence-corrected chi connectivity index (χ4v) is 3.05. The van der Waals surface area contributed by atoms with Gasteiger partial charge in [-0.1, -0.05) is 11.6 Å². The highest BCUT2D eigenvalue weighted by atomic mass is 35.5. The summed E-state index contributed by atoms with van der Waals surface area (Å²) in [6, 6.07) is -0.523. The second-order valence-corrected chi connectivity index (χ2v) is 5.69. The van der Waals surface area contributed by atoms with Gasteiger partial charge < -0.3 is 19.8 Å². The zero-order valence-corrected chi connectivity index (χ0v) is 13.9. The van der Waals surface area contributed by atoms with Crippen molar-refractivity contribution < 1.29 is 19.1 Å². The molecule has 2 aromatic rings. The SMILES string of the molecule is CCOC(=O)C1(C(=O)OCC)CC1n1cnc2nc(N)nc(Cl)c21. The van der Waals surface area contributed by atoms with Crippen molar-refractivity contribution in [2.45, 2.75) is 26.3 Å². The van der Waals surface area contributed by atoms with Crippen molar-refractivity contribution in [3.8, 4) is 0 Å². The van der Waals surface area contributed by atoms with Gasteiger partial charge in [-0.05, 0) is 20.3 Å². The number of nitrogens with two attached hydrogens (primary N) is 1. The van der Waals surface area contributed by atoms with Crippen LogP contribution < -0.4 is 5.73 Å². The maximum Gasteiger partial charge on any atom is 0.325 e. The van der Waals surface area contributed by atoms with E-state index >= 15 is 0 Å². The Balaban J connectivity index is 2.04. The number of nitrogen functional groups attached to an aromatic ring is 1. The maximum absolute atomic E-state index is 12.4. The second-order valence-electron chi connectivity index (χ2n) is 5.33. The Morgan fingerprint density at radius 1 is 1.33 bits per heavy atom. The highest BCUT2D eigenvalue weighted by molar-refractivity contribution is 6.33. The van der Waals surface area contributed by atoms with Crippen molar-refractivity contribution in [1.82, 2.24) is 19.5 Å². The van der Waals surface area contributed by atoms with Crippen LogP contribution in [0, 0.1) is 5.41 Å². The van der Waals surface area contributed by atoms with Gasteiger partial charge in [0.05, 0.1) is 25.6 Å². The zero-order chi connectivity index (χ0) is 17.5. The van der Waals surface area contributed by atoms with Crippen molar-refractivity contribution >= 4 is 40.7 Å². The number of nitrogens with zero attached hydrogens (tertiary/aromatic N) is 4. The minimum Gasteiger partial charge on any atom is -0.465 e. The molecular weight excluding hydrogens is 338 g/mol. The number of hydrogen-bond donors (Lipinski definition) is 1. The van der Waals surface area contributed by atoms with Crippen LogP contribution in [0.4, 0.5) is 5.95 Å². The quantitative estimate of drug-likeness (QED) is 0.482. The van der Waals surface area contributed by atoms with Gasteiger partial charge in [-0.25, -0.2) is 4.98 Å². The number of imidazole rings is 1. The summed E-state index contributed by atoms with van der Waals surface area (Å²) in [4.78, 5) is 36.8. The minimum atomic E-state index is -1.40. The lowest BCUT2D eigenvalue weighted by Crippen LogP contribution is -2.32. The Labute approximate surface area is 142 Å². The fourth-order valence-electron chi connectivity index (χ4n) is 2.78. The molecule has 1 aliphatic rings. The van der Waals surface area contributed by atoms with Crippen LogP contribution in [-0.4, -0.2) is 44.7 Å². The summed E-state index contributed by atoms with van der Waals surface area (Å²) >= 11 is 6.13. The average molecular weight is 354 g/mol. The molecule has 1 saturated carbocycles. The number of rotatable bonds is 5. The van der Waals surface area contributed by atoms with Gasteiger partial charge in [0, 0.05) is 0 Å². The third kappa shape index (κ3) is 2.35. The van der Waals surface area contributed by atoms with Crippen LogP contribution in [-0.2, 0) is 19.1 Å². The first-order chi connectivity index (χ1) is 11.5. The van der Waals surface area contributed by atoms with Gasteiger partial charge in [0.15, 0.2) is 16.2 Å². The van der Waals surface area contributed by atoms with Gasteiger partial charge >= 0.3 is 11.9 Å². The van der Waals surface area contributed by atoms with E-state index in [1.54, 1.807) is 18.4 Å². The van der Waals surface area contributed by atoms with E-state index in [1.165, 1.54) is 6.33 Å². The normalized spacial score (nSPS) is 18.4. The largest absolute Gasteiger partial charge is 0.465 e. The second kappa shape index (κ2) is 5.90. The van der Waals surface area contributed by atoms with E-state index in [-0.39, 0.29) is 30.7 Å². The summed E-state index contributed by atoms with van der Waals surface area (Å²) in [5.74, 6) is -1.25. The van der Waals surface area contributed by atoms with E-state index in [0.717, 1.165) is 0 Å². The van der Waals surface area contributed by atoms with Crippen LogP contribution in [0.15, 0.2) is 6.33 Å². The predicted molar refractivity (Wildman–Crippen MR) is 84.1 cm³/mol. The number of fused-ring (bicyclic) bond motifs is 1. The Hall–Kier alpha value is -2.42. The van der Waals surface area contributed by atoms with Crippen LogP contribution in [0.5, 0.6) is 0 Å². The van der Waals surface area contributed by atoms with Gasteiger partial charge in [0.1, 0.15) is 5.52 Å². The molecule has 128 valence electrons.